The molecule has 2 aromatic carbocycles. The number of hydrogen-bond acceptors (Lipinski definition) is 6. The van der Waals surface area contributed by atoms with Crippen LogP contribution in [0.25, 0.3) is 11.0 Å². The summed E-state index contributed by atoms with van der Waals surface area (Å²) in [6.45, 7) is 6.51. The number of aromatic nitrogens is 2. The average Bonchev–Trinajstić information content (AvgIpc) is 3.56. The highest BCUT2D eigenvalue weighted by atomic mass is 16.6. The molecule has 1 aromatic heterocycles. The summed E-state index contributed by atoms with van der Waals surface area (Å²) in [7, 11) is 2.03. The molecular weight excluding hydrogens is 444 g/mol. The van der Waals surface area contributed by atoms with Crippen LogP contribution in [0.15, 0.2) is 42.5 Å². The molecule has 188 valence electrons. The number of aryl methyl sites for hydroxylation is 1. The molecule has 1 aliphatic heterocycles. The first-order chi connectivity index (χ1) is 17.1. The molecule has 0 aliphatic carbocycles. The Hall–Kier alpha value is -3.10. The number of nitrogens with one attached hydrogen (secondary N) is 2. The van der Waals surface area contributed by atoms with Crippen LogP contribution in [0.1, 0.15) is 62.6 Å². The number of amides is 1. The van der Waals surface area contributed by atoms with Crippen LogP contribution in [0, 0.1) is 0 Å². The van der Waals surface area contributed by atoms with Gasteiger partial charge in [0.1, 0.15) is 11.9 Å². The molecule has 3 aromatic rings. The van der Waals surface area contributed by atoms with Crippen molar-refractivity contribution >= 4 is 22.8 Å². The third kappa shape index (κ3) is 6.74. The number of nitrogens with zero attached hydrogens (tertiary/aromatic N) is 2. The Balaban J connectivity index is 1.24. The number of epoxide rings is 1. The number of anilines is 1. The minimum absolute atomic E-state index is 0.137. The van der Waals surface area contributed by atoms with Gasteiger partial charge in [0.15, 0.2) is 6.23 Å². The minimum Gasteiger partial charge on any atom is -0.450 e. The van der Waals surface area contributed by atoms with Crippen LogP contribution in [0.4, 0.5) is 10.5 Å². The molecule has 1 aliphatic rings. The van der Waals surface area contributed by atoms with Gasteiger partial charge in [0.25, 0.3) is 0 Å². The first-order valence-corrected chi connectivity index (χ1v) is 12.5. The first kappa shape index (κ1) is 25.0. The highest BCUT2D eigenvalue weighted by Crippen LogP contribution is 2.37. The molecule has 2 unspecified atom stereocenters. The summed E-state index contributed by atoms with van der Waals surface area (Å²) < 4.78 is 18.5. The Kier molecular flexibility index (Phi) is 8.60. The third-order valence-electron chi connectivity index (χ3n) is 6.18. The third-order valence-corrected chi connectivity index (χ3v) is 6.18. The van der Waals surface area contributed by atoms with E-state index in [-0.39, 0.29) is 12.3 Å². The molecule has 0 radical (unpaired) electrons. The Morgan fingerprint density at radius 2 is 1.94 bits per heavy atom. The van der Waals surface area contributed by atoms with Gasteiger partial charge in [-0.05, 0) is 48.7 Å². The van der Waals surface area contributed by atoms with Crippen LogP contribution in [0.5, 0.6) is 0 Å². The fraction of sp³-hybridized carbons (Fsp3) is 0.481. The standard InChI is InChI=1S/C27H36N4O4/c1-4-6-7-8-15-34-27(32)30-26-25(35-26)20-10-12-21(13-11-20)28-17-24-29-22-16-19(18-33-5-2)9-14-23(22)31(24)3/h9-14,16,25-26,28H,4-8,15,17-18H2,1-3H3,(H,30,32). The van der Waals surface area contributed by atoms with E-state index in [0.717, 1.165) is 59.4 Å². The largest absolute Gasteiger partial charge is 0.450 e. The molecule has 1 amide bonds. The van der Waals surface area contributed by atoms with Gasteiger partial charge in [-0.1, -0.05) is 44.4 Å². The molecule has 4 rings (SSSR count). The van der Waals surface area contributed by atoms with Crippen LogP contribution in [0.2, 0.25) is 0 Å². The number of ether oxygens (including phenoxy) is 3. The topological polar surface area (TPSA) is 89.9 Å². The zero-order valence-corrected chi connectivity index (χ0v) is 20.9. The fourth-order valence-corrected chi connectivity index (χ4v) is 4.06. The lowest BCUT2D eigenvalue weighted by atomic mass is 10.1. The zero-order chi connectivity index (χ0) is 24.6. The van der Waals surface area contributed by atoms with Crippen molar-refractivity contribution in [1.29, 1.82) is 0 Å². The van der Waals surface area contributed by atoms with E-state index in [1.165, 1.54) is 0 Å². The fourth-order valence-electron chi connectivity index (χ4n) is 4.06. The van der Waals surface area contributed by atoms with E-state index in [1.807, 2.05) is 38.2 Å². The number of carbonyl (C=O) groups excluding carboxylic acids is 1. The van der Waals surface area contributed by atoms with Gasteiger partial charge in [0, 0.05) is 19.3 Å². The second-order valence-corrected chi connectivity index (χ2v) is 8.84. The normalized spacial score (nSPS) is 16.9. The smallest absolute Gasteiger partial charge is 0.409 e. The van der Waals surface area contributed by atoms with E-state index < -0.39 is 6.09 Å². The second-order valence-electron chi connectivity index (χ2n) is 8.84. The van der Waals surface area contributed by atoms with E-state index in [9.17, 15) is 4.79 Å². The average molecular weight is 481 g/mol. The molecule has 0 spiro atoms. The molecule has 0 bridgehead atoms. The predicted molar refractivity (Wildman–Crippen MR) is 136 cm³/mol. The molecular formula is C27H36N4O4. The van der Waals surface area contributed by atoms with Gasteiger partial charge >= 0.3 is 6.09 Å². The number of benzene rings is 2. The monoisotopic (exact) mass is 480 g/mol. The molecule has 8 heteroatoms. The van der Waals surface area contributed by atoms with Crippen molar-refractivity contribution < 1.29 is 19.0 Å². The Labute approximate surface area is 207 Å². The van der Waals surface area contributed by atoms with Crippen molar-refractivity contribution in [3.8, 4) is 0 Å². The summed E-state index contributed by atoms with van der Waals surface area (Å²) in [5.74, 6) is 0.959. The van der Waals surface area contributed by atoms with Crippen LogP contribution in [-0.4, -0.2) is 35.1 Å². The minimum atomic E-state index is -0.417. The van der Waals surface area contributed by atoms with Gasteiger partial charge in [-0.15, -0.1) is 0 Å². The van der Waals surface area contributed by atoms with Crippen molar-refractivity contribution in [2.45, 2.75) is 65.0 Å². The molecule has 35 heavy (non-hydrogen) atoms. The number of alkyl carbamates (subject to hydrolysis) is 1. The highest BCUT2D eigenvalue weighted by molar-refractivity contribution is 5.77. The maximum Gasteiger partial charge on any atom is 0.409 e. The predicted octanol–water partition coefficient (Wildman–Crippen LogP) is 5.43. The lowest BCUT2D eigenvalue weighted by Gasteiger charge is -2.08. The van der Waals surface area contributed by atoms with Gasteiger partial charge in [0.05, 0.1) is 30.8 Å². The molecule has 8 nitrogen and oxygen atoms in total. The Morgan fingerprint density at radius 3 is 2.71 bits per heavy atom. The number of unbranched alkanes of at least 4 members (excludes halogenated alkanes) is 3. The lowest BCUT2D eigenvalue weighted by molar-refractivity contribution is 0.134. The molecule has 1 saturated heterocycles. The van der Waals surface area contributed by atoms with Crippen molar-refractivity contribution in [3.63, 3.8) is 0 Å². The van der Waals surface area contributed by atoms with Gasteiger partial charge < -0.3 is 24.1 Å². The van der Waals surface area contributed by atoms with E-state index in [1.54, 1.807) is 0 Å². The van der Waals surface area contributed by atoms with Crippen LogP contribution in [0.3, 0.4) is 0 Å². The zero-order valence-electron chi connectivity index (χ0n) is 20.9. The second kappa shape index (κ2) is 12.0. The molecule has 2 N–H and O–H groups in total. The van der Waals surface area contributed by atoms with Gasteiger partial charge in [-0.25, -0.2) is 9.78 Å². The van der Waals surface area contributed by atoms with Gasteiger partial charge in [0.2, 0.25) is 0 Å². The number of rotatable bonds is 13. The lowest BCUT2D eigenvalue weighted by Crippen LogP contribution is -2.27. The summed E-state index contributed by atoms with van der Waals surface area (Å²) in [6.07, 6.45) is 3.42. The van der Waals surface area contributed by atoms with Crippen molar-refractivity contribution in [1.82, 2.24) is 14.9 Å². The summed E-state index contributed by atoms with van der Waals surface area (Å²) in [5.41, 5.74) is 5.22. The van der Waals surface area contributed by atoms with Gasteiger partial charge in [-0.2, -0.15) is 0 Å². The SMILES string of the molecule is CCCCCCOC(=O)NC1OC1c1ccc(NCc2nc3cc(COCC)ccc3n2C)cc1. The molecule has 0 saturated carbocycles. The van der Waals surface area contributed by atoms with Crippen LogP contribution >= 0.6 is 0 Å². The van der Waals surface area contributed by atoms with Crippen molar-refractivity contribution in [2.24, 2.45) is 7.05 Å². The van der Waals surface area contributed by atoms with Gasteiger partial charge in [-0.3, -0.25) is 5.32 Å². The van der Waals surface area contributed by atoms with Crippen LogP contribution in [-0.2, 0) is 34.4 Å². The molecule has 2 atom stereocenters. The van der Waals surface area contributed by atoms with E-state index in [4.69, 9.17) is 19.2 Å². The summed E-state index contributed by atoms with van der Waals surface area (Å²) in [5, 5.41) is 6.21. The van der Waals surface area contributed by atoms with E-state index in [2.05, 4.69) is 40.3 Å². The molecule has 1 fully saturated rings. The molecule has 2 heterocycles. The number of fused-ring (bicyclic) bond motifs is 1. The maximum atomic E-state index is 11.9. The first-order valence-electron chi connectivity index (χ1n) is 12.5. The summed E-state index contributed by atoms with van der Waals surface area (Å²) >= 11 is 0. The van der Waals surface area contributed by atoms with E-state index in [0.29, 0.717) is 26.4 Å². The number of hydrogen-bond donors (Lipinski definition) is 2. The highest BCUT2D eigenvalue weighted by Gasteiger charge is 2.41. The van der Waals surface area contributed by atoms with Crippen molar-refractivity contribution in [2.75, 3.05) is 18.5 Å². The quantitative estimate of drug-likeness (QED) is 0.251. The summed E-state index contributed by atoms with van der Waals surface area (Å²) in [6, 6.07) is 14.3. The summed E-state index contributed by atoms with van der Waals surface area (Å²) in [4.78, 5) is 16.7. The van der Waals surface area contributed by atoms with E-state index >= 15 is 0 Å². The number of imidazole rings is 1. The number of carbonyl (C=O) groups is 1. The Bertz CT molecular complexity index is 1110. The maximum absolute atomic E-state index is 11.9. The van der Waals surface area contributed by atoms with Crippen LogP contribution < -0.4 is 10.6 Å². The van der Waals surface area contributed by atoms with Crippen molar-refractivity contribution in [3.05, 3.63) is 59.4 Å². The Morgan fingerprint density at radius 1 is 1.11 bits per heavy atom.